The first-order valence-electron chi connectivity index (χ1n) is 7.58. The van der Waals surface area contributed by atoms with Crippen LogP contribution < -0.4 is 9.47 Å². The summed E-state index contributed by atoms with van der Waals surface area (Å²) in [5.74, 6) is -0.845. The number of halogens is 2. The number of hydrogen-bond donors (Lipinski definition) is 1. The van der Waals surface area contributed by atoms with Crippen molar-refractivity contribution in [2.75, 3.05) is 13.2 Å². The fourth-order valence-electron chi connectivity index (χ4n) is 3.41. The highest BCUT2D eigenvalue weighted by atomic mass is 79.9. The fraction of sp³-hybridized carbons (Fsp3) is 0.562. The van der Waals surface area contributed by atoms with Gasteiger partial charge >= 0.3 is 5.97 Å². The summed E-state index contributed by atoms with van der Waals surface area (Å²) < 4.78 is 26.4. The van der Waals surface area contributed by atoms with Crippen LogP contribution in [0.25, 0.3) is 0 Å². The number of carbonyl (C=O) groups is 1. The van der Waals surface area contributed by atoms with Crippen LogP contribution in [0.3, 0.4) is 0 Å². The molecule has 4 nitrogen and oxygen atoms in total. The summed E-state index contributed by atoms with van der Waals surface area (Å²) in [5, 5.41) is 9.85. The first-order chi connectivity index (χ1) is 10.6. The van der Waals surface area contributed by atoms with Gasteiger partial charge in [0.25, 0.3) is 0 Å². The van der Waals surface area contributed by atoms with Crippen LogP contribution in [0.4, 0.5) is 4.39 Å². The highest BCUT2D eigenvalue weighted by Gasteiger charge is 2.47. The van der Waals surface area contributed by atoms with Crippen LogP contribution in [-0.2, 0) is 10.2 Å². The van der Waals surface area contributed by atoms with Crippen LogP contribution in [0.15, 0.2) is 10.5 Å². The highest BCUT2D eigenvalue weighted by molar-refractivity contribution is 9.10. The van der Waals surface area contributed by atoms with E-state index in [9.17, 15) is 14.3 Å². The van der Waals surface area contributed by atoms with E-state index in [0.29, 0.717) is 38.2 Å². The zero-order chi connectivity index (χ0) is 15.7. The van der Waals surface area contributed by atoms with Gasteiger partial charge in [-0.1, -0.05) is 19.3 Å². The molecule has 0 atom stereocenters. The zero-order valence-corrected chi connectivity index (χ0v) is 13.7. The molecule has 3 rings (SSSR count). The number of carboxylic acids is 1. The molecule has 0 spiro atoms. The molecule has 0 radical (unpaired) electrons. The van der Waals surface area contributed by atoms with Gasteiger partial charge in [-0.05, 0) is 28.8 Å². The second-order valence-electron chi connectivity index (χ2n) is 5.87. The van der Waals surface area contributed by atoms with Gasteiger partial charge in [0.15, 0.2) is 11.5 Å². The smallest absolute Gasteiger partial charge is 0.314 e. The Hall–Kier alpha value is -1.30. The Kier molecular flexibility index (Phi) is 4.30. The van der Waals surface area contributed by atoms with E-state index in [2.05, 4.69) is 15.9 Å². The van der Waals surface area contributed by atoms with Crippen molar-refractivity contribution in [3.05, 3.63) is 21.9 Å². The quantitative estimate of drug-likeness (QED) is 0.850. The van der Waals surface area contributed by atoms with Crippen molar-refractivity contribution < 1.29 is 23.8 Å². The molecule has 1 fully saturated rings. The Labute approximate surface area is 136 Å². The number of rotatable bonds is 2. The number of aliphatic carboxylic acids is 1. The van der Waals surface area contributed by atoms with E-state index in [-0.39, 0.29) is 15.8 Å². The lowest BCUT2D eigenvalue weighted by Crippen LogP contribution is -2.39. The van der Waals surface area contributed by atoms with E-state index in [0.717, 1.165) is 19.3 Å². The molecule has 6 heteroatoms. The van der Waals surface area contributed by atoms with Crippen molar-refractivity contribution in [2.24, 2.45) is 0 Å². The maximum atomic E-state index is 14.9. The standard InChI is InChI=1S/C16H18BrFO4/c17-10-9-11-14(22-8-4-7-21-11)12(13(10)18)16(15(19)20)5-2-1-3-6-16/h9H,1-8H2,(H,19,20). The summed E-state index contributed by atoms with van der Waals surface area (Å²) in [5.41, 5.74) is -1.09. The molecule has 1 N–H and O–H groups in total. The number of ether oxygens (including phenoxy) is 2. The van der Waals surface area contributed by atoms with Crippen LogP contribution in [0.2, 0.25) is 0 Å². The van der Waals surface area contributed by atoms with Gasteiger partial charge in [0.1, 0.15) is 5.82 Å². The van der Waals surface area contributed by atoms with E-state index in [1.54, 1.807) is 0 Å². The molecule has 1 aromatic carbocycles. The van der Waals surface area contributed by atoms with E-state index >= 15 is 0 Å². The number of hydrogen-bond acceptors (Lipinski definition) is 3. The first-order valence-corrected chi connectivity index (χ1v) is 8.37. The lowest BCUT2D eigenvalue weighted by atomic mass is 9.69. The molecular weight excluding hydrogens is 355 g/mol. The van der Waals surface area contributed by atoms with Crippen molar-refractivity contribution in [2.45, 2.75) is 43.9 Å². The van der Waals surface area contributed by atoms with E-state index in [1.165, 1.54) is 6.07 Å². The molecular formula is C16H18BrFO4. The van der Waals surface area contributed by atoms with Gasteiger partial charge in [-0.2, -0.15) is 0 Å². The Bertz CT molecular complexity index is 596. The summed E-state index contributed by atoms with van der Waals surface area (Å²) >= 11 is 3.19. The molecule has 1 aliphatic carbocycles. The predicted molar refractivity (Wildman–Crippen MR) is 82.1 cm³/mol. The minimum atomic E-state index is -1.23. The maximum absolute atomic E-state index is 14.9. The van der Waals surface area contributed by atoms with Gasteiger partial charge < -0.3 is 14.6 Å². The van der Waals surface area contributed by atoms with Gasteiger partial charge in [-0.25, -0.2) is 4.39 Å². The van der Waals surface area contributed by atoms with Crippen molar-refractivity contribution in [3.63, 3.8) is 0 Å². The average molecular weight is 373 g/mol. The molecule has 1 aromatic rings. The van der Waals surface area contributed by atoms with Crippen molar-refractivity contribution in [1.82, 2.24) is 0 Å². The fourth-order valence-corrected chi connectivity index (χ4v) is 3.81. The Morgan fingerprint density at radius 2 is 1.86 bits per heavy atom. The van der Waals surface area contributed by atoms with Crippen LogP contribution >= 0.6 is 15.9 Å². The van der Waals surface area contributed by atoms with Crippen LogP contribution in [-0.4, -0.2) is 24.3 Å². The largest absolute Gasteiger partial charge is 0.490 e. The topological polar surface area (TPSA) is 55.8 Å². The normalized spacial score (nSPS) is 20.3. The molecule has 1 aliphatic heterocycles. The first kappa shape index (κ1) is 15.6. The minimum Gasteiger partial charge on any atom is -0.490 e. The van der Waals surface area contributed by atoms with Gasteiger partial charge in [0.05, 0.1) is 28.7 Å². The predicted octanol–water partition coefficient (Wildman–Crippen LogP) is 4.04. The second-order valence-corrected chi connectivity index (χ2v) is 6.73. The van der Waals surface area contributed by atoms with Gasteiger partial charge in [0.2, 0.25) is 0 Å². The van der Waals surface area contributed by atoms with Crippen LogP contribution in [0.1, 0.15) is 44.1 Å². The minimum absolute atomic E-state index is 0.144. The molecule has 1 heterocycles. The number of benzene rings is 1. The number of carboxylic acid groups (broad SMARTS) is 1. The molecule has 0 aromatic heterocycles. The lowest BCUT2D eigenvalue weighted by Gasteiger charge is -2.35. The third-order valence-corrected chi connectivity index (χ3v) is 5.10. The summed E-state index contributed by atoms with van der Waals surface area (Å²) in [7, 11) is 0. The molecule has 0 saturated heterocycles. The van der Waals surface area contributed by atoms with E-state index in [4.69, 9.17) is 9.47 Å². The molecule has 0 bridgehead atoms. The summed E-state index contributed by atoms with van der Waals surface area (Å²) in [6.07, 6.45) is 4.05. The third-order valence-electron chi connectivity index (χ3n) is 4.53. The zero-order valence-electron chi connectivity index (χ0n) is 12.2. The SMILES string of the molecule is O=C(O)C1(c2c(F)c(Br)cc3c2OCCCO3)CCCCC1. The Morgan fingerprint density at radius 1 is 1.18 bits per heavy atom. The third kappa shape index (κ3) is 2.47. The highest BCUT2D eigenvalue weighted by Crippen LogP contribution is 2.50. The number of fused-ring (bicyclic) bond motifs is 1. The molecule has 0 amide bonds. The van der Waals surface area contributed by atoms with Crippen molar-refractivity contribution >= 4 is 21.9 Å². The molecule has 2 aliphatic rings. The Balaban J connectivity index is 2.23. The Morgan fingerprint density at radius 3 is 2.55 bits per heavy atom. The van der Waals surface area contributed by atoms with E-state index in [1.807, 2.05) is 0 Å². The average Bonchev–Trinajstić information content (AvgIpc) is 2.74. The van der Waals surface area contributed by atoms with E-state index < -0.39 is 17.2 Å². The van der Waals surface area contributed by atoms with Gasteiger partial charge in [-0.15, -0.1) is 0 Å². The summed E-state index contributed by atoms with van der Waals surface area (Å²) in [6, 6.07) is 1.53. The molecule has 120 valence electrons. The van der Waals surface area contributed by atoms with Crippen molar-refractivity contribution in [1.29, 1.82) is 0 Å². The van der Waals surface area contributed by atoms with Crippen LogP contribution in [0.5, 0.6) is 11.5 Å². The maximum Gasteiger partial charge on any atom is 0.314 e. The van der Waals surface area contributed by atoms with Crippen molar-refractivity contribution in [3.8, 4) is 11.5 Å². The summed E-state index contributed by atoms with van der Waals surface area (Å²) in [4.78, 5) is 12.0. The molecule has 0 unspecified atom stereocenters. The van der Waals surface area contributed by atoms with Crippen LogP contribution in [0, 0.1) is 5.82 Å². The second kappa shape index (κ2) is 6.07. The lowest BCUT2D eigenvalue weighted by molar-refractivity contribution is -0.145. The summed E-state index contributed by atoms with van der Waals surface area (Å²) in [6.45, 7) is 0.876. The molecule has 1 saturated carbocycles. The van der Waals surface area contributed by atoms with Gasteiger partial charge in [0, 0.05) is 12.5 Å². The molecule has 22 heavy (non-hydrogen) atoms. The monoisotopic (exact) mass is 372 g/mol. The van der Waals surface area contributed by atoms with Gasteiger partial charge in [-0.3, -0.25) is 4.79 Å².